The van der Waals surface area contributed by atoms with Crippen molar-refractivity contribution in [2.75, 3.05) is 13.7 Å². The van der Waals surface area contributed by atoms with Gasteiger partial charge in [-0.15, -0.1) is 0 Å². The summed E-state index contributed by atoms with van der Waals surface area (Å²) >= 11 is 0. The van der Waals surface area contributed by atoms with Crippen molar-refractivity contribution in [3.8, 4) is 0 Å². The van der Waals surface area contributed by atoms with Crippen LogP contribution < -0.4 is 0 Å². The van der Waals surface area contributed by atoms with Gasteiger partial charge in [0.25, 0.3) is 0 Å². The van der Waals surface area contributed by atoms with Gasteiger partial charge in [0, 0.05) is 30.0 Å². The molecule has 2 unspecified atom stereocenters. The summed E-state index contributed by atoms with van der Waals surface area (Å²) in [5.74, 6) is -0.362. The third-order valence-electron chi connectivity index (χ3n) is 6.73. The Morgan fingerprint density at radius 2 is 1.45 bits per heavy atom. The molecule has 5 rings (SSSR count). The van der Waals surface area contributed by atoms with E-state index < -0.39 is 5.54 Å². The summed E-state index contributed by atoms with van der Waals surface area (Å²) in [6.07, 6.45) is 3.84. The van der Waals surface area contributed by atoms with Crippen LogP contribution in [0.15, 0.2) is 97.1 Å². The first-order valence-electron chi connectivity index (χ1n) is 10.8. The molecular weight excluding hydrogens is 382 g/mol. The van der Waals surface area contributed by atoms with Crippen LogP contribution in [0.2, 0.25) is 0 Å². The fourth-order valence-electron chi connectivity index (χ4n) is 5.35. The molecule has 2 aliphatic heterocycles. The highest BCUT2D eigenvalue weighted by Crippen LogP contribution is 2.50. The number of fused-ring (bicyclic) bond motifs is 1. The van der Waals surface area contributed by atoms with Crippen LogP contribution in [0, 0.1) is 5.92 Å². The number of benzene rings is 3. The van der Waals surface area contributed by atoms with Crippen molar-refractivity contribution in [3.63, 3.8) is 0 Å². The van der Waals surface area contributed by atoms with Crippen molar-refractivity contribution in [2.24, 2.45) is 5.92 Å². The van der Waals surface area contributed by atoms with Gasteiger partial charge in [-0.2, -0.15) is 0 Å². The zero-order chi connectivity index (χ0) is 21.3. The molecule has 154 valence electrons. The molecule has 0 spiro atoms. The van der Waals surface area contributed by atoms with Crippen molar-refractivity contribution in [3.05, 3.63) is 114 Å². The average Bonchev–Trinajstić information content (AvgIpc) is 3.25. The van der Waals surface area contributed by atoms with E-state index in [1.807, 2.05) is 18.2 Å². The van der Waals surface area contributed by atoms with E-state index in [0.29, 0.717) is 0 Å². The van der Waals surface area contributed by atoms with Gasteiger partial charge in [0.2, 0.25) is 11.3 Å². The molecule has 3 aromatic rings. The van der Waals surface area contributed by atoms with E-state index in [9.17, 15) is 4.79 Å². The first-order valence-corrected chi connectivity index (χ1v) is 10.8. The Kier molecular flexibility index (Phi) is 5.03. The fraction of sp³-hybridized carbons (Fsp3) is 0.214. The molecular formula is C28H26NO2+. The topological polar surface area (TPSA) is 29.3 Å². The van der Waals surface area contributed by atoms with Crippen LogP contribution in [0.4, 0.5) is 0 Å². The summed E-state index contributed by atoms with van der Waals surface area (Å²) in [5.41, 5.74) is 5.47. The normalized spacial score (nSPS) is 22.6. The summed E-state index contributed by atoms with van der Waals surface area (Å²) in [5, 5.41) is 0. The second kappa shape index (κ2) is 7.99. The number of carbonyl (C=O) groups is 1. The number of rotatable bonds is 4. The number of carbonyl (C=O) groups excluding carboxylic acids is 1. The van der Waals surface area contributed by atoms with Crippen LogP contribution >= 0.6 is 0 Å². The summed E-state index contributed by atoms with van der Waals surface area (Å²) in [4.78, 5) is 13.1. The minimum absolute atomic E-state index is 0.131. The minimum atomic E-state index is -0.473. The second-order valence-electron chi connectivity index (χ2n) is 8.27. The smallest absolute Gasteiger partial charge is 0.316 e. The second-order valence-corrected chi connectivity index (χ2v) is 8.27. The summed E-state index contributed by atoms with van der Waals surface area (Å²) in [6.45, 7) is 0.817. The quantitative estimate of drug-likeness (QED) is 0.446. The Bertz CT molecular complexity index is 1150. The molecule has 3 aromatic carbocycles. The van der Waals surface area contributed by atoms with Crippen LogP contribution in [-0.2, 0) is 15.1 Å². The molecule has 31 heavy (non-hydrogen) atoms. The van der Waals surface area contributed by atoms with E-state index in [-0.39, 0.29) is 11.9 Å². The lowest BCUT2D eigenvalue weighted by molar-refractivity contribution is -0.599. The molecule has 0 N–H and O–H groups in total. The lowest BCUT2D eigenvalue weighted by Gasteiger charge is -2.35. The monoisotopic (exact) mass is 408 g/mol. The van der Waals surface area contributed by atoms with Crippen molar-refractivity contribution in [2.45, 2.75) is 18.4 Å². The predicted molar refractivity (Wildman–Crippen MR) is 123 cm³/mol. The first kappa shape index (κ1) is 19.5. The van der Waals surface area contributed by atoms with Gasteiger partial charge in [0.1, 0.15) is 12.5 Å². The van der Waals surface area contributed by atoms with Crippen LogP contribution in [0.1, 0.15) is 29.5 Å². The molecule has 0 amide bonds. The molecule has 1 fully saturated rings. The third kappa shape index (κ3) is 3.21. The number of nitrogens with zero attached hydrogens (tertiary/aromatic N) is 1. The van der Waals surface area contributed by atoms with Crippen molar-refractivity contribution in [1.29, 1.82) is 0 Å². The lowest BCUT2D eigenvalue weighted by Crippen LogP contribution is -2.47. The molecule has 0 aromatic heterocycles. The fourth-order valence-corrected chi connectivity index (χ4v) is 5.35. The SMILES string of the molecule is COC(=O)C1CC[N+]2=C(c3ccccc3)C=C(c3ccccc3)CC12c1ccccc1. The predicted octanol–water partition coefficient (Wildman–Crippen LogP) is 5.06. The molecule has 3 nitrogen and oxygen atoms in total. The number of methoxy groups -OCH3 is 1. The van der Waals surface area contributed by atoms with E-state index in [2.05, 4.69) is 83.4 Å². The van der Waals surface area contributed by atoms with E-state index >= 15 is 0 Å². The maximum Gasteiger partial charge on any atom is 0.316 e. The van der Waals surface area contributed by atoms with E-state index in [4.69, 9.17) is 4.74 Å². The van der Waals surface area contributed by atoms with Gasteiger partial charge in [-0.25, -0.2) is 4.58 Å². The lowest BCUT2D eigenvalue weighted by atomic mass is 9.72. The largest absolute Gasteiger partial charge is 0.469 e. The van der Waals surface area contributed by atoms with Crippen molar-refractivity contribution >= 4 is 17.3 Å². The zero-order valence-electron chi connectivity index (χ0n) is 17.7. The van der Waals surface area contributed by atoms with Crippen LogP contribution in [0.3, 0.4) is 0 Å². The van der Waals surface area contributed by atoms with Gasteiger partial charge in [0.05, 0.1) is 7.11 Å². The standard InChI is InChI=1S/C28H26NO2/c1-31-27(30)25-17-18-29-26(22-13-7-3-8-14-22)19-23(21-11-5-2-6-12-21)20-28(25,29)24-15-9-4-10-16-24/h2-16,19,25H,17-18,20H2,1H3/q+1. The minimum Gasteiger partial charge on any atom is -0.469 e. The van der Waals surface area contributed by atoms with Gasteiger partial charge < -0.3 is 4.74 Å². The summed E-state index contributed by atoms with van der Waals surface area (Å²) in [6, 6.07) is 31.5. The van der Waals surface area contributed by atoms with Crippen LogP contribution in [0.5, 0.6) is 0 Å². The van der Waals surface area contributed by atoms with Crippen molar-refractivity contribution < 1.29 is 14.1 Å². The molecule has 0 bridgehead atoms. The number of allylic oxidation sites excluding steroid dienone is 1. The van der Waals surface area contributed by atoms with E-state index in [0.717, 1.165) is 24.9 Å². The zero-order valence-corrected chi connectivity index (χ0v) is 17.7. The van der Waals surface area contributed by atoms with Gasteiger partial charge in [-0.1, -0.05) is 78.9 Å². The molecule has 2 heterocycles. The average molecular weight is 409 g/mol. The highest BCUT2D eigenvalue weighted by molar-refractivity contribution is 6.10. The maximum atomic E-state index is 13.1. The number of hydrogen-bond donors (Lipinski definition) is 0. The third-order valence-corrected chi connectivity index (χ3v) is 6.73. The van der Waals surface area contributed by atoms with Crippen molar-refractivity contribution in [1.82, 2.24) is 0 Å². The highest BCUT2D eigenvalue weighted by atomic mass is 16.5. The molecule has 2 aliphatic rings. The van der Waals surface area contributed by atoms with Crippen LogP contribution in [-0.4, -0.2) is 29.9 Å². The molecule has 0 radical (unpaired) electrons. The van der Waals surface area contributed by atoms with E-state index in [1.54, 1.807) is 0 Å². The Hall–Kier alpha value is -3.46. The van der Waals surface area contributed by atoms with Gasteiger partial charge >= 0.3 is 5.97 Å². The van der Waals surface area contributed by atoms with E-state index in [1.165, 1.54) is 29.5 Å². The van der Waals surface area contributed by atoms with Crippen LogP contribution in [0.25, 0.3) is 5.57 Å². The molecule has 1 saturated heterocycles. The van der Waals surface area contributed by atoms with Gasteiger partial charge in [-0.3, -0.25) is 4.79 Å². The Morgan fingerprint density at radius 1 is 0.871 bits per heavy atom. The molecule has 3 heteroatoms. The number of hydrogen-bond acceptors (Lipinski definition) is 2. The molecule has 2 atom stereocenters. The van der Waals surface area contributed by atoms with Gasteiger partial charge in [-0.05, 0) is 23.3 Å². The maximum absolute atomic E-state index is 13.1. The summed E-state index contributed by atoms with van der Waals surface area (Å²) in [7, 11) is 1.50. The Labute approximate surface area is 183 Å². The first-order chi connectivity index (χ1) is 15.2. The number of esters is 1. The number of ether oxygens (including phenoxy) is 1. The van der Waals surface area contributed by atoms with Gasteiger partial charge in [0.15, 0.2) is 0 Å². The Balaban J connectivity index is 1.80. The molecule has 0 aliphatic carbocycles. The molecule has 0 saturated carbocycles. The Morgan fingerprint density at radius 3 is 2.06 bits per heavy atom. The highest BCUT2D eigenvalue weighted by Gasteiger charge is 2.61. The summed E-state index contributed by atoms with van der Waals surface area (Å²) < 4.78 is 7.77.